The molecule has 0 saturated carbocycles. The first kappa shape index (κ1) is 35.3. The van der Waals surface area contributed by atoms with Crippen LogP contribution >= 0.6 is 7.92 Å². The maximum atomic E-state index is 7.30. The molecule has 6 rings (SSSR count). The molecule has 0 aliphatic carbocycles. The maximum Gasteiger partial charge on any atom is 0.105 e. The molecule has 254 valence electrons. The first-order valence-corrected chi connectivity index (χ1v) is 19.7. The first-order chi connectivity index (χ1) is 23.7. The van der Waals surface area contributed by atoms with Gasteiger partial charge in [-0.15, -0.1) is 0 Å². The SMILES string of the molecule is CCC(CC(CC(ON1C(C)(C)CCCC1(C)C)c1ccccc1)c1ccc(P(c2ccccc2)c2ccccc2)cc1)c1ccccc1. The second-order valence-electron chi connectivity index (χ2n) is 15.1. The molecule has 49 heavy (non-hydrogen) atoms. The summed E-state index contributed by atoms with van der Waals surface area (Å²) >= 11 is 0. The molecule has 3 unspecified atom stereocenters. The zero-order valence-electron chi connectivity index (χ0n) is 30.1. The van der Waals surface area contributed by atoms with E-state index >= 15 is 0 Å². The number of hydroxylamine groups is 2. The number of benzene rings is 5. The predicted octanol–water partition coefficient (Wildman–Crippen LogP) is 11.2. The van der Waals surface area contributed by atoms with E-state index in [9.17, 15) is 0 Å². The average Bonchev–Trinajstić information content (AvgIpc) is 3.13. The van der Waals surface area contributed by atoms with Gasteiger partial charge in [0.2, 0.25) is 0 Å². The predicted molar refractivity (Wildman–Crippen MR) is 211 cm³/mol. The molecule has 0 radical (unpaired) electrons. The molecule has 1 saturated heterocycles. The highest BCUT2D eigenvalue weighted by molar-refractivity contribution is 7.79. The second-order valence-corrected chi connectivity index (χ2v) is 17.3. The molecule has 5 aromatic carbocycles. The van der Waals surface area contributed by atoms with Crippen molar-refractivity contribution >= 4 is 23.8 Å². The van der Waals surface area contributed by atoms with Crippen molar-refractivity contribution in [3.63, 3.8) is 0 Å². The van der Waals surface area contributed by atoms with Gasteiger partial charge in [0.25, 0.3) is 0 Å². The van der Waals surface area contributed by atoms with E-state index in [2.05, 4.69) is 185 Å². The second kappa shape index (κ2) is 16.0. The topological polar surface area (TPSA) is 12.5 Å². The molecule has 2 nitrogen and oxygen atoms in total. The van der Waals surface area contributed by atoms with Crippen LogP contribution in [-0.2, 0) is 4.84 Å². The minimum atomic E-state index is -0.651. The van der Waals surface area contributed by atoms with Crippen molar-refractivity contribution in [2.45, 2.75) is 102 Å². The Morgan fingerprint density at radius 1 is 0.531 bits per heavy atom. The van der Waals surface area contributed by atoms with Gasteiger partial charge in [-0.3, -0.25) is 4.84 Å². The van der Waals surface area contributed by atoms with E-state index in [1.54, 1.807) is 0 Å². The van der Waals surface area contributed by atoms with Crippen LogP contribution in [0.4, 0.5) is 0 Å². The van der Waals surface area contributed by atoms with Gasteiger partial charge in [-0.2, -0.15) is 5.06 Å². The van der Waals surface area contributed by atoms with Gasteiger partial charge in [-0.1, -0.05) is 153 Å². The van der Waals surface area contributed by atoms with Crippen LogP contribution in [0.2, 0.25) is 0 Å². The fraction of sp³-hybridized carbons (Fsp3) is 0.348. The third kappa shape index (κ3) is 8.61. The van der Waals surface area contributed by atoms with Crippen molar-refractivity contribution in [2.24, 2.45) is 0 Å². The van der Waals surface area contributed by atoms with Crippen LogP contribution in [-0.4, -0.2) is 16.1 Å². The number of rotatable bonds is 13. The standard InChI is InChI=1S/C46H54NOP/c1-6-36(37-20-11-7-12-21-37)34-40(35-44(39-22-13-8-14-23-39)48-47-45(2,3)32-19-33-46(47,4)5)38-28-30-43(31-29-38)49(41-24-15-9-16-25-41)42-26-17-10-18-27-42/h7-18,20-31,36,40,44H,6,19,32-35H2,1-5H3. The van der Waals surface area contributed by atoms with Crippen LogP contribution in [0.5, 0.6) is 0 Å². The lowest BCUT2D eigenvalue weighted by Gasteiger charge is -2.52. The molecule has 1 heterocycles. The molecule has 0 amide bonds. The quantitative estimate of drug-likeness (QED) is 0.116. The van der Waals surface area contributed by atoms with E-state index in [1.165, 1.54) is 39.0 Å². The highest BCUT2D eigenvalue weighted by atomic mass is 31.1. The van der Waals surface area contributed by atoms with Gasteiger partial charge in [-0.05, 0) is 119 Å². The van der Waals surface area contributed by atoms with Crippen LogP contribution in [0, 0.1) is 0 Å². The van der Waals surface area contributed by atoms with Crippen molar-refractivity contribution in [1.29, 1.82) is 0 Å². The number of hydrogen-bond donors (Lipinski definition) is 0. The molecule has 0 aromatic heterocycles. The number of hydrogen-bond acceptors (Lipinski definition) is 2. The van der Waals surface area contributed by atoms with Crippen LogP contribution < -0.4 is 15.9 Å². The largest absolute Gasteiger partial charge is 0.290 e. The van der Waals surface area contributed by atoms with E-state index in [-0.39, 0.29) is 17.2 Å². The number of nitrogens with zero attached hydrogens (tertiary/aromatic N) is 1. The van der Waals surface area contributed by atoms with Gasteiger partial charge in [0.05, 0.1) is 0 Å². The Kier molecular flexibility index (Phi) is 11.5. The van der Waals surface area contributed by atoms with Gasteiger partial charge in [0, 0.05) is 11.1 Å². The van der Waals surface area contributed by atoms with Gasteiger partial charge in [-0.25, -0.2) is 0 Å². The van der Waals surface area contributed by atoms with E-state index in [0.717, 1.165) is 32.1 Å². The average molecular weight is 668 g/mol. The van der Waals surface area contributed by atoms with Crippen LogP contribution in [0.3, 0.4) is 0 Å². The maximum absolute atomic E-state index is 7.30. The van der Waals surface area contributed by atoms with Crippen LogP contribution in [0.1, 0.15) is 108 Å². The fourth-order valence-electron chi connectivity index (χ4n) is 8.03. The summed E-state index contributed by atoms with van der Waals surface area (Å²) in [6, 6.07) is 53.8. The molecule has 3 atom stereocenters. The lowest BCUT2D eigenvalue weighted by Crippen LogP contribution is -2.58. The summed E-state index contributed by atoms with van der Waals surface area (Å²) in [7, 11) is -0.651. The molecule has 5 aromatic rings. The van der Waals surface area contributed by atoms with Crippen LogP contribution in [0.15, 0.2) is 146 Å². The van der Waals surface area contributed by atoms with Crippen molar-refractivity contribution in [3.05, 3.63) is 162 Å². The normalized spacial score (nSPS) is 17.8. The molecular formula is C46H54NOP. The lowest BCUT2D eigenvalue weighted by molar-refractivity contribution is -0.308. The first-order valence-electron chi connectivity index (χ1n) is 18.3. The Bertz CT molecular complexity index is 1650. The Hall–Kier alpha value is -3.55. The van der Waals surface area contributed by atoms with E-state index in [4.69, 9.17) is 4.84 Å². The zero-order valence-corrected chi connectivity index (χ0v) is 31.0. The molecule has 0 spiro atoms. The number of piperidine rings is 1. The summed E-state index contributed by atoms with van der Waals surface area (Å²) < 4.78 is 0. The summed E-state index contributed by atoms with van der Waals surface area (Å²) in [6.07, 6.45) is 6.55. The van der Waals surface area contributed by atoms with Crippen molar-refractivity contribution < 1.29 is 4.84 Å². The van der Waals surface area contributed by atoms with Crippen LogP contribution in [0.25, 0.3) is 0 Å². The molecule has 0 N–H and O–H groups in total. The van der Waals surface area contributed by atoms with Crippen molar-refractivity contribution in [2.75, 3.05) is 0 Å². The Morgan fingerprint density at radius 3 is 1.45 bits per heavy atom. The fourth-order valence-corrected chi connectivity index (χ4v) is 10.3. The highest BCUT2D eigenvalue weighted by Gasteiger charge is 2.44. The summed E-state index contributed by atoms with van der Waals surface area (Å²) in [5, 5.41) is 6.51. The Labute approximate surface area is 297 Å². The summed E-state index contributed by atoms with van der Waals surface area (Å²) in [4.78, 5) is 7.30. The van der Waals surface area contributed by atoms with E-state index in [0.29, 0.717) is 11.8 Å². The minimum Gasteiger partial charge on any atom is -0.290 e. The molecule has 3 heteroatoms. The van der Waals surface area contributed by atoms with Gasteiger partial charge in [0.15, 0.2) is 0 Å². The van der Waals surface area contributed by atoms with Gasteiger partial charge >= 0.3 is 0 Å². The zero-order chi connectivity index (χ0) is 34.3. The Morgan fingerprint density at radius 2 is 0.959 bits per heavy atom. The summed E-state index contributed by atoms with van der Waals surface area (Å²) in [5.41, 5.74) is 4.02. The van der Waals surface area contributed by atoms with Gasteiger partial charge in [0.1, 0.15) is 6.10 Å². The minimum absolute atomic E-state index is 0.0338. The third-order valence-electron chi connectivity index (χ3n) is 10.6. The molecule has 1 aliphatic rings. The van der Waals surface area contributed by atoms with Crippen molar-refractivity contribution in [1.82, 2.24) is 5.06 Å². The monoisotopic (exact) mass is 667 g/mol. The summed E-state index contributed by atoms with van der Waals surface area (Å²) in [6.45, 7) is 11.8. The van der Waals surface area contributed by atoms with E-state index in [1.807, 2.05) is 0 Å². The Balaban J connectivity index is 1.38. The molecule has 0 bridgehead atoms. The third-order valence-corrected chi connectivity index (χ3v) is 13.0. The highest BCUT2D eigenvalue weighted by Crippen LogP contribution is 2.44. The molecular weight excluding hydrogens is 613 g/mol. The molecule has 1 fully saturated rings. The van der Waals surface area contributed by atoms with E-state index < -0.39 is 7.92 Å². The summed E-state index contributed by atoms with van der Waals surface area (Å²) in [5.74, 6) is 0.788. The lowest BCUT2D eigenvalue weighted by atomic mass is 9.80. The smallest absolute Gasteiger partial charge is 0.105 e. The van der Waals surface area contributed by atoms with Gasteiger partial charge < -0.3 is 0 Å². The van der Waals surface area contributed by atoms with Crippen molar-refractivity contribution in [3.8, 4) is 0 Å². The molecule has 1 aliphatic heterocycles.